The molecule has 12 N–H and O–H groups in total. The molecule has 108 valence electrons. The highest BCUT2D eigenvalue weighted by atomic mass is 15.0. The fourth-order valence-electron chi connectivity index (χ4n) is 0.929. The first-order valence-electron chi connectivity index (χ1n) is 6.05. The van der Waals surface area contributed by atoms with E-state index in [2.05, 4.69) is 9.98 Å². The van der Waals surface area contributed by atoms with Crippen molar-refractivity contribution in [3.05, 3.63) is 0 Å². The molecule has 0 aliphatic rings. The van der Waals surface area contributed by atoms with E-state index in [1.54, 1.807) is 0 Å². The minimum Gasteiger partial charge on any atom is -0.370 e. The van der Waals surface area contributed by atoms with E-state index in [0.29, 0.717) is 26.2 Å². The fourth-order valence-corrected chi connectivity index (χ4v) is 0.929. The summed E-state index contributed by atoms with van der Waals surface area (Å²) in [6, 6.07) is 0. The summed E-state index contributed by atoms with van der Waals surface area (Å²) < 4.78 is 0. The first-order valence-corrected chi connectivity index (χ1v) is 6.05. The van der Waals surface area contributed by atoms with Crippen molar-refractivity contribution in [2.45, 2.75) is 25.7 Å². The van der Waals surface area contributed by atoms with E-state index >= 15 is 0 Å². The molecule has 0 heterocycles. The van der Waals surface area contributed by atoms with Crippen LogP contribution in [0.4, 0.5) is 0 Å². The zero-order valence-corrected chi connectivity index (χ0v) is 11.0. The molecule has 0 aliphatic carbocycles. The second kappa shape index (κ2) is 15.5. The Morgan fingerprint density at radius 2 is 0.944 bits per heavy atom. The lowest BCUT2D eigenvalue weighted by atomic mass is 10.3. The average Bonchev–Trinajstić information content (AvgIpc) is 2.31. The van der Waals surface area contributed by atoms with E-state index in [9.17, 15) is 0 Å². The Morgan fingerprint density at radius 3 is 1.17 bits per heavy atom. The van der Waals surface area contributed by atoms with Crippen molar-refractivity contribution in [3.63, 3.8) is 0 Å². The number of unbranched alkanes of at least 4 members (excludes halogenated alkanes) is 2. The third-order valence-electron chi connectivity index (χ3n) is 1.81. The van der Waals surface area contributed by atoms with Gasteiger partial charge in [0.25, 0.3) is 0 Å². The summed E-state index contributed by atoms with van der Waals surface area (Å²) in [6.45, 7) is 2.80. The Morgan fingerprint density at radius 1 is 0.611 bits per heavy atom. The second-order valence-corrected chi connectivity index (χ2v) is 3.60. The highest BCUT2D eigenvalue weighted by Gasteiger charge is 1.83. The van der Waals surface area contributed by atoms with Gasteiger partial charge in [0.2, 0.25) is 0 Å². The first kappa shape index (κ1) is 18.8. The highest BCUT2D eigenvalue weighted by molar-refractivity contribution is 5.75. The molecular weight excluding hydrogens is 232 g/mol. The Balaban J connectivity index is 0. The third kappa shape index (κ3) is 23.9. The molecular formula is C10H28N8. The molecule has 0 spiro atoms. The van der Waals surface area contributed by atoms with Gasteiger partial charge < -0.3 is 34.4 Å². The predicted octanol–water partition coefficient (Wildman–Crippen LogP) is -2.00. The van der Waals surface area contributed by atoms with Crippen LogP contribution in [0.25, 0.3) is 0 Å². The van der Waals surface area contributed by atoms with Gasteiger partial charge in [-0.25, -0.2) is 0 Å². The number of rotatable bonds is 8. The Kier molecular flexibility index (Phi) is 16.2. The normalized spacial score (nSPS) is 9.00. The van der Waals surface area contributed by atoms with Crippen molar-refractivity contribution in [1.29, 1.82) is 0 Å². The van der Waals surface area contributed by atoms with Crippen LogP contribution in [0.5, 0.6) is 0 Å². The van der Waals surface area contributed by atoms with Crippen molar-refractivity contribution in [1.82, 2.24) is 0 Å². The molecule has 0 saturated heterocycles. The van der Waals surface area contributed by atoms with Crippen LogP contribution >= 0.6 is 0 Å². The molecule has 0 aromatic rings. The largest absolute Gasteiger partial charge is 0.370 e. The summed E-state index contributed by atoms with van der Waals surface area (Å²) in [5.74, 6) is 0.319. The molecule has 0 atom stereocenters. The van der Waals surface area contributed by atoms with Gasteiger partial charge in [0.15, 0.2) is 11.9 Å². The van der Waals surface area contributed by atoms with Crippen molar-refractivity contribution in [3.8, 4) is 0 Å². The number of guanidine groups is 2. The summed E-state index contributed by atoms with van der Waals surface area (Å²) in [5, 5.41) is 0. The molecule has 8 heteroatoms. The monoisotopic (exact) mass is 260 g/mol. The van der Waals surface area contributed by atoms with Crippen LogP contribution in [0.3, 0.4) is 0 Å². The van der Waals surface area contributed by atoms with E-state index in [-0.39, 0.29) is 11.9 Å². The third-order valence-corrected chi connectivity index (χ3v) is 1.81. The van der Waals surface area contributed by atoms with E-state index in [4.69, 9.17) is 34.4 Å². The van der Waals surface area contributed by atoms with Crippen molar-refractivity contribution in [2.75, 3.05) is 26.2 Å². The van der Waals surface area contributed by atoms with E-state index < -0.39 is 0 Å². The van der Waals surface area contributed by atoms with Crippen LogP contribution in [0, 0.1) is 0 Å². The lowest BCUT2D eigenvalue weighted by Crippen LogP contribution is -2.23. The Hall–Kier alpha value is -1.54. The molecule has 0 rings (SSSR count). The van der Waals surface area contributed by atoms with Gasteiger partial charge in [0.05, 0.1) is 0 Å². The molecule has 0 bridgehead atoms. The summed E-state index contributed by atoms with van der Waals surface area (Å²) in [6.07, 6.45) is 3.90. The zero-order valence-electron chi connectivity index (χ0n) is 11.0. The number of hydrogen-bond acceptors (Lipinski definition) is 4. The van der Waals surface area contributed by atoms with Crippen LogP contribution in [-0.4, -0.2) is 38.1 Å². The molecule has 0 radical (unpaired) electrons. The lowest BCUT2D eigenvalue weighted by Gasteiger charge is -1.92. The number of nitrogens with zero attached hydrogens (tertiary/aromatic N) is 2. The molecule has 0 aromatic heterocycles. The maximum Gasteiger partial charge on any atom is 0.185 e. The molecule has 0 unspecified atom stereocenters. The SMILES string of the molecule is NCCCCN=C(N)N.NCCCCN=C(N)N. The minimum atomic E-state index is 0.159. The fraction of sp³-hybridized carbons (Fsp3) is 0.800. The molecule has 0 aliphatic heterocycles. The summed E-state index contributed by atoms with van der Waals surface area (Å²) >= 11 is 0. The van der Waals surface area contributed by atoms with E-state index in [0.717, 1.165) is 25.7 Å². The maximum atomic E-state index is 5.23. The van der Waals surface area contributed by atoms with Crippen molar-refractivity contribution >= 4 is 11.9 Å². The summed E-state index contributed by atoms with van der Waals surface area (Å²) in [5.41, 5.74) is 30.8. The van der Waals surface area contributed by atoms with Gasteiger partial charge in [-0.3, -0.25) is 9.98 Å². The summed E-state index contributed by atoms with van der Waals surface area (Å²) in [7, 11) is 0. The average molecular weight is 260 g/mol. The standard InChI is InChI=1S/2C5H14N4/c2*6-3-1-2-4-9-5(7)8/h2*1-4,6H2,(H4,7,8,9). The molecule has 18 heavy (non-hydrogen) atoms. The second-order valence-electron chi connectivity index (χ2n) is 3.60. The van der Waals surface area contributed by atoms with Gasteiger partial charge in [-0.05, 0) is 38.8 Å². The molecule has 8 nitrogen and oxygen atoms in total. The van der Waals surface area contributed by atoms with Crippen LogP contribution in [-0.2, 0) is 0 Å². The quantitative estimate of drug-likeness (QED) is 0.167. The van der Waals surface area contributed by atoms with Gasteiger partial charge in [0.1, 0.15) is 0 Å². The highest BCUT2D eigenvalue weighted by Crippen LogP contribution is 1.85. The van der Waals surface area contributed by atoms with Gasteiger partial charge in [0, 0.05) is 13.1 Å². The predicted molar refractivity (Wildman–Crippen MR) is 77.9 cm³/mol. The smallest absolute Gasteiger partial charge is 0.185 e. The van der Waals surface area contributed by atoms with Crippen molar-refractivity contribution in [2.24, 2.45) is 44.4 Å². The molecule has 0 aromatic carbocycles. The van der Waals surface area contributed by atoms with Gasteiger partial charge in [-0.2, -0.15) is 0 Å². The van der Waals surface area contributed by atoms with Crippen LogP contribution in [0.15, 0.2) is 9.98 Å². The molecule has 0 saturated carbocycles. The number of hydrogen-bond donors (Lipinski definition) is 6. The topological polar surface area (TPSA) is 181 Å². The zero-order chi connectivity index (χ0) is 14.2. The van der Waals surface area contributed by atoms with Gasteiger partial charge in [-0.15, -0.1) is 0 Å². The van der Waals surface area contributed by atoms with Crippen molar-refractivity contribution < 1.29 is 0 Å². The lowest BCUT2D eigenvalue weighted by molar-refractivity contribution is 0.755. The van der Waals surface area contributed by atoms with Crippen LogP contribution in [0.1, 0.15) is 25.7 Å². The van der Waals surface area contributed by atoms with Crippen LogP contribution in [0.2, 0.25) is 0 Å². The van der Waals surface area contributed by atoms with Gasteiger partial charge in [-0.1, -0.05) is 0 Å². The summed E-state index contributed by atoms with van der Waals surface area (Å²) in [4.78, 5) is 7.56. The molecule has 0 fully saturated rings. The Bertz CT molecular complexity index is 194. The number of nitrogens with two attached hydrogens (primary N) is 6. The first-order chi connectivity index (χ1) is 8.54. The van der Waals surface area contributed by atoms with Gasteiger partial charge >= 0.3 is 0 Å². The Labute approximate surface area is 109 Å². The van der Waals surface area contributed by atoms with E-state index in [1.807, 2.05) is 0 Å². The van der Waals surface area contributed by atoms with Crippen LogP contribution < -0.4 is 34.4 Å². The van der Waals surface area contributed by atoms with E-state index in [1.165, 1.54) is 0 Å². The number of aliphatic imine (C=N–C) groups is 2. The maximum absolute atomic E-state index is 5.23. The molecule has 0 amide bonds. The minimum absolute atomic E-state index is 0.159.